The van der Waals surface area contributed by atoms with Crippen LogP contribution in [0.3, 0.4) is 0 Å². The van der Waals surface area contributed by atoms with Gasteiger partial charge in [-0.05, 0) is 19.1 Å². The molecular weight excluding hydrogens is 216 g/mol. The van der Waals surface area contributed by atoms with Crippen molar-refractivity contribution in [2.45, 2.75) is 6.92 Å². The number of nitrogens with one attached hydrogen (secondary N) is 1. The highest BCUT2D eigenvalue weighted by atomic mass is 16.5. The van der Waals surface area contributed by atoms with Crippen LogP contribution in [0.1, 0.15) is 6.92 Å². The van der Waals surface area contributed by atoms with Gasteiger partial charge < -0.3 is 10.1 Å². The molecule has 0 aliphatic carbocycles. The number of aromatic nitrogens is 3. The smallest absolute Gasteiger partial charge is 0.222 e. The molecule has 5 heteroatoms. The van der Waals surface area contributed by atoms with Crippen LogP contribution in [0.15, 0.2) is 30.7 Å². The zero-order chi connectivity index (χ0) is 12.1. The zero-order valence-electron chi connectivity index (χ0n) is 9.84. The lowest BCUT2D eigenvalue weighted by atomic mass is 10.2. The molecule has 0 unspecified atom stereocenters. The summed E-state index contributed by atoms with van der Waals surface area (Å²) >= 11 is 0. The Balaban J connectivity index is 2.34. The molecule has 0 amide bonds. The lowest BCUT2D eigenvalue weighted by Gasteiger charge is -2.05. The van der Waals surface area contributed by atoms with Crippen molar-refractivity contribution in [3.05, 3.63) is 30.7 Å². The number of pyridine rings is 1. The van der Waals surface area contributed by atoms with Gasteiger partial charge >= 0.3 is 0 Å². The van der Waals surface area contributed by atoms with E-state index in [1.165, 1.54) is 0 Å². The van der Waals surface area contributed by atoms with Gasteiger partial charge in [-0.1, -0.05) is 0 Å². The highest BCUT2D eigenvalue weighted by Crippen LogP contribution is 2.21. The molecule has 5 nitrogen and oxygen atoms in total. The molecule has 0 radical (unpaired) electrons. The average molecular weight is 230 g/mol. The van der Waals surface area contributed by atoms with E-state index in [1.54, 1.807) is 25.6 Å². The maximum atomic E-state index is 5.40. The first-order valence-corrected chi connectivity index (χ1v) is 5.42. The van der Waals surface area contributed by atoms with Gasteiger partial charge in [0.2, 0.25) is 5.95 Å². The minimum Gasteiger partial charge on any atom is -0.492 e. The van der Waals surface area contributed by atoms with Crippen LogP contribution >= 0.6 is 0 Å². The van der Waals surface area contributed by atoms with Crippen molar-refractivity contribution in [2.24, 2.45) is 0 Å². The first kappa shape index (κ1) is 11.3. The van der Waals surface area contributed by atoms with Gasteiger partial charge in [0.05, 0.1) is 18.5 Å². The van der Waals surface area contributed by atoms with Crippen molar-refractivity contribution in [3.8, 4) is 17.0 Å². The lowest BCUT2D eigenvalue weighted by molar-refractivity contribution is 0.339. The molecule has 0 bridgehead atoms. The second kappa shape index (κ2) is 5.25. The molecule has 0 saturated carbocycles. The Bertz CT molecular complexity index is 501. The van der Waals surface area contributed by atoms with Gasteiger partial charge in [0, 0.05) is 25.0 Å². The Morgan fingerprint density at radius 1 is 1.35 bits per heavy atom. The van der Waals surface area contributed by atoms with Gasteiger partial charge in [0.15, 0.2) is 0 Å². The fraction of sp³-hybridized carbons (Fsp3) is 0.250. The second-order valence-corrected chi connectivity index (χ2v) is 3.36. The summed E-state index contributed by atoms with van der Waals surface area (Å²) in [6.45, 7) is 2.56. The van der Waals surface area contributed by atoms with Gasteiger partial charge in [-0.25, -0.2) is 9.97 Å². The summed E-state index contributed by atoms with van der Waals surface area (Å²) in [4.78, 5) is 12.5. The minimum atomic E-state index is 0.587. The van der Waals surface area contributed by atoms with Crippen LogP contribution in [0.2, 0.25) is 0 Å². The summed E-state index contributed by atoms with van der Waals surface area (Å²) in [5.74, 6) is 1.33. The van der Waals surface area contributed by atoms with Crippen LogP contribution in [0, 0.1) is 0 Å². The van der Waals surface area contributed by atoms with Crippen LogP contribution in [0.25, 0.3) is 11.3 Å². The number of hydrogen-bond acceptors (Lipinski definition) is 5. The van der Waals surface area contributed by atoms with E-state index in [9.17, 15) is 0 Å². The molecule has 0 aromatic carbocycles. The maximum Gasteiger partial charge on any atom is 0.222 e. The van der Waals surface area contributed by atoms with Crippen molar-refractivity contribution in [1.82, 2.24) is 15.0 Å². The summed E-state index contributed by atoms with van der Waals surface area (Å²) in [5, 5.41) is 2.90. The van der Waals surface area contributed by atoms with E-state index < -0.39 is 0 Å². The SMILES string of the molecule is CCOc1cncc(-c2ccnc(NC)n2)c1. The molecule has 17 heavy (non-hydrogen) atoms. The largest absolute Gasteiger partial charge is 0.492 e. The van der Waals surface area contributed by atoms with Crippen LogP contribution in [0.5, 0.6) is 5.75 Å². The fourth-order valence-corrected chi connectivity index (χ4v) is 1.44. The summed E-state index contributed by atoms with van der Waals surface area (Å²) in [6, 6.07) is 3.76. The summed E-state index contributed by atoms with van der Waals surface area (Å²) < 4.78 is 5.40. The Morgan fingerprint density at radius 3 is 3.00 bits per heavy atom. The number of rotatable bonds is 4. The van der Waals surface area contributed by atoms with Gasteiger partial charge in [-0.3, -0.25) is 4.98 Å². The first-order chi connectivity index (χ1) is 8.33. The predicted octanol–water partition coefficient (Wildman–Crippen LogP) is 1.98. The third-order valence-electron chi connectivity index (χ3n) is 2.20. The molecule has 0 atom stereocenters. The van der Waals surface area contributed by atoms with E-state index in [-0.39, 0.29) is 0 Å². The molecule has 0 spiro atoms. The normalized spacial score (nSPS) is 10.0. The standard InChI is InChI=1S/C12H14N4O/c1-3-17-10-6-9(7-14-8-10)11-4-5-15-12(13-2)16-11/h4-8H,3H2,1-2H3,(H,13,15,16). The number of hydrogen-bond donors (Lipinski definition) is 1. The molecule has 2 heterocycles. The van der Waals surface area contributed by atoms with Gasteiger partial charge in [-0.15, -0.1) is 0 Å². The van der Waals surface area contributed by atoms with Gasteiger partial charge in [0.1, 0.15) is 5.75 Å². The van der Waals surface area contributed by atoms with Crippen LogP contribution < -0.4 is 10.1 Å². The minimum absolute atomic E-state index is 0.587. The van der Waals surface area contributed by atoms with Crippen molar-refractivity contribution in [2.75, 3.05) is 19.0 Å². The van der Waals surface area contributed by atoms with Crippen LogP contribution in [-0.4, -0.2) is 28.6 Å². The van der Waals surface area contributed by atoms with E-state index in [0.717, 1.165) is 17.0 Å². The molecule has 1 N–H and O–H groups in total. The molecule has 2 rings (SSSR count). The Morgan fingerprint density at radius 2 is 2.24 bits per heavy atom. The van der Waals surface area contributed by atoms with E-state index >= 15 is 0 Å². The molecule has 0 aliphatic rings. The van der Waals surface area contributed by atoms with Gasteiger partial charge in [-0.2, -0.15) is 0 Å². The Kier molecular flexibility index (Phi) is 3.49. The van der Waals surface area contributed by atoms with E-state index in [0.29, 0.717) is 12.6 Å². The number of nitrogens with zero attached hydrogens (tertiary/aromatic N) is 3. The van der Waals surface area contributed by atoms with Crippen LogP contribution in [-0.2, 0) is 0 Å². The van der Waals surface area contributed by atoms with Crippen LogP contribution in [0.4, 0.5) is 5.95 Å². The van der Waals surface area contributed by atoms with Gasteiger partial charge in [0.25, 0.3) is 0 Å². The third-order valence-corrected chi connectivity index (χ3v) is 2.20. The van der Waals surface area contributed by atoms with E-state index in [1.807, 2.05) is 19.1 Å². The second-order valence-electron chi connectivity index (χ2n) is 3.36. The number of ether oxygens (including phenoxy) is 1. The lowest BCUT2D eigenvalue weighted by Crippen LogP contribution is -1.97. The Labute approximate surface area is 99.9 Å². The molecule has 0 fully saturated rings. The van der Waals surface area contributed by atoms with Crippen molar-refractivity contribution in [3.63, 3.8) is 0 Å². The summed E-state index contributed by atoms with van der Waals surface area (Å²) in [5.41, 5.74) is 1.73. The third kappa shape index (κ3) is 2.69. The maximum absolute atomic E-state index is 5.40. The summed E-state index contributed by atoms with van der Waals surface area (Å²) in [7, 11) is 1.79. The van der Waals surface area contributed by atoms with Crippen molar-refractivity contribution < 1.29 is 4.74 Å². The van der Waals surface area contributed by atoms with Crippen molar-refractivity contribution >= 4 is 5.95 Å². The average Bonchev–Trinajstić information content (AvgIpc) is 2.40. The molecule has 2 aromatic rings. The quantitative estimate of drug-likeness (QED) is 0.870. The monoisotopic (exact) mass is 230 g/mol. The highest BCUT2D eigenvalue weighted by Gasteiger charge is 2.03. The fourth-order valence-electron chi connectivity index (χ4n) is 1.44. The number of anilines is 1. The molecule has 2 aromatic heterocycles. The zero-order valence-corrected chi connectivity index (χ0v) is 9.84. The molecule has 0 aliphatic heterocycles. The molecule has 88 valence electrons. The van der Waals surface area contributed by atoms with E-state index in [4.69, 9.17) is 4.74 Å². The topological polar surface area (TPSA) is 59.9 Å². The molecular formula is C12H14N4O. The Hall–Kier alpha value is -2.17. The van der Waals surface area contributed by atoms with Crippen molar-refractivity contribution in [1.29, 1.82) is 0 Å². The molecule has 0 saturated heterocycles. The summed E-state index contributed by atoms with van der Waals surface area (Å²) in [6.07, 6.45) is 5.15. The van der Waals surface area contributed by atoms with E-state index in [2.05, 4.69) is 20.3 Å². The highest BCUT2D eigenvalue weighted by molar-refractivity contribution is 5.60. The predicted molar refractivity (Wildman–Crippen MR) is 66.0 cm³/mol. The first-order valence-electron chi connectivity index (χ1n) is 5.42.